The molecule has 0 unspecified atom stereocenters. The summed E-state index contributed by atoms with van der Waals surface area (Å²) in [6.07, 6.45) is 1.38. The molecule has 0 aliphatic rings. The predicted molar refractivity (Wildman–Crippen MR) is 100 cm³/mol. The Morgan fingerprint density at radius 1 is 1.27 bits per heavy atom. The summed E-state index contributed by atoms with van der Waals surface area (Å²) in [6, 6.07) is 7.43. The maximum Gasteiger partial charge on any atom is 0.273 e. The molecule has 0 spiro atoms. The molecule has 2 N–H and O–H groups in total. The summed E-state index contributed by atoms with van der Waals surface area (Å²) in [4.78, 5) is 26.8. The molecular formula is C19H26N4O3. The molecule has 0 bridgehead atoms. The average Bonchev–Trinajstić information content (AvgIpc) is 2.60. The van der Waals surface area contributed by atoms with E-state index in [2.05, 4.69) is 20.5 Å². The number of rotatable bonds is 8. The fourth-order valence-electron chi connectivity index (χ4n) is 2.32. The van der Waals surface area contributed by atoms with Crippen molar-refractivity contribution < 1.29 is 9.53 Å². The second-order valence-corrected chi connectivity index (χ2v) is 6.52. The molecule has 1 heterocycles. The van der Waals surface area contributed by atoms with E-state index >= 15 is 0 Å². The van der Waals surface area contributed by atoms with Crippen molar-refractivity contribution in [3.05, 3.63) is 40.3 Å². The van der Waals surface area contributed by atoms with Gasteiger partial charge in [0.2, 0.25) is 5.91 Å². The van der Waals surface area contributed by atoms with Gasteiger partial charge >= 0.3 is 0 Å². The van der Waals surface area contributed by atoms with E-state index in [4.69, 9.17) is 4.74 Å². The van der Waals surface area contributed by atoms with Gasteiger partial charge in [0.05, 0.1) is 6.10 Å². The zero-order valence-electron chi connectivity index (χ0n) is 15.7. The quantitative estimate of drug-likeness (QED) is 0.755. The maximum atomic E-state index is 12.2. The summed E-state index contributed by atoms with van der Waals surface area (Å²) in [5.74, 6) is 0.978. The van der Waals surface area contributed by atoms with E-state index in [1.165, 1.54) is 0 Å². The second-order valence-electron chi connectivity index (χ2n) is 6.52. The lowest BCUT2D eigenvalue weighted by Gasteiger charge is -2.11. The highest BCUT2D eigenvalue weighted by Gasteiger charge is 2.11. The third kappa shape index (κ3) is 5.68. The molecule has 0 saturated heterocycles. The number of amides is 1. The lowest BCUT2D eigenvalue weighted by atomic mass is 10.2. The molecule has 7 nitrogen and oxygen atoms in total. The number of benzene rings is 1. The first kappa shape index (κ1) is 19.6. The highest BCUT2D eigenvalue weighted by Crippen LogP contribution is 2.20. The van der Waals surface area contributed by atoms with E-state index in [9.17, 15) is 9.59 Å². The largest absolute Gasteiger partial charge is 0.491 e. The minimum absolute atomic E-state index is 0.0549. The van der Waals surface area contributed by atoms with Gasteiger partial charge in [-0.3, -0.25) is 9.59 Å². The van der Waals surface area contributed by atoms with Crippen molar-refractivity contribution in [3.63, 3.8) is 0 Å². The molecule has 1 amide bonds. The highest BCUT2D eigenvalue weighted by atomic mass is 16.5. The monoisotopic (exact) mass is 358 g/mol. The molecule has 0 fully saturated rings. The van der Waals surface area contributed by atoms with Gasteiger partial charge in [-0.05, 0) is 39.3 Å². The van der Waals surface area contributed by atoms with Gasteiger partial charge in [0.25, 0.3) is 5.56 Å². The molecule has 0 aliphatic carbocycles. The number of nitrogens with one attached hydrogen (secondary N) is 2. The van der Waals surface area contributed by atoms with E-state index in [1.807, 2.05) is 45.9 Å². The third-order valence-corrected chi connectivity index (χ3v) is 3.85. The first-order valence-corrected chi connectivity index (χ1v) is 8.91. The summed E-state index contributed by atoms with van der Waals surface area (Å²) in [7, 11) is 0. The first-order chi connectivity index (χ1) is 12.4. The molecule has 2 rings (SSSR count). The number of aryl methyl sites for hydroxylation is 1. The van der Waals surface area contributed by atoms with Crippen molar-refractivity contribution in [2.45, 2.75) is 59.1 Å². The standard InChI is InChI=1S/C19H26N4O3/c1-5-13(4)20-17(24)10-9-16-19(25)21-18(23-22-16)14-7-6-8-15(11-14)26-12(2)3/h6-8,11-13H,5,9-10H2,1-4H3,(H,20,24)(H,21,23,25)/t13-/m0/s1. The van der Waals surface area contributed by atoms with Crippen LogP contribution in [0.1, 0.15) is 46.2 Å². The van der Waals surface area contributed by atoms with Crippen LogP contribution < -0.4 is 15.6 Å². The fraction of sp³-hybridized carbons (Fsp3) is 0.474. The zero-order valence-corrected chi connectivity index (χ0v) is 15.7. The lowest BCUT2D eigenvalue weighted by molar-refractivity contribution is -0.121. The highest BCUT2D eigenvalue weighted by molar-refractivity contribution is 5.76. The summed E-state index contributed by atoms with van der Waals surface area (Å²) in [6.45, 7) is 7.83. The van der Waals surface area contributed by atoms with Gasteiger partial charge in [-0.1, -0.05) is 19.1 Å². The fourth-order valence-corrected chi connectivity index (χ4v) is 2.32. The molecule has 1 aromatic carbocycles. The Morgan fingerprint density at radius 3 is 2.69 bits per heavy atom. The number of ether oxygens (including phenoxy) is 1. The van der Waals surface area contributed by atoms with Gasteiger partial charge in [0.15, 0.2) is 5.82 Å². The third-order valence-electron chi connectivity index (χ3n) is 3.85. The second kappa shape index (κ2) is 9.12. The summed E-state index contributed by atoms with van der Waals surface area (Å²) >= 11 is 0. The predicted octanol–water partition coefficient (Wildman–Crippen LogP) is 2.47. The maximum absolute atomic E-state index is 12.2. The van der Waals surface area contributed by atoms with Crippen LogP contribution in [0.25, 0.3) is 11.4 Å². The Labute approximate surface area is 153 Å². The summed E-state index contributed by atoms with van der Waals surface area (Å²) < 4.78 is 5.65. The number of aromatic nitrogens is 3. The molecule has 0 saturated carbocycles. The molecule has 1 atom stereocenters. The van der Waals surface area contributed by atoms with E-state index in [0.717, 1.165) is 6.42 Å². The van der Waals surface area contributed by atoms with Crippen LogP contribution in [0.3, 0.4) is 0 Å². The Balaban J connectivity index is 2.07. The zero-order chi connectivity index (χ0) is 19.1. The molecule has 7 heteroatoms. The molecule has 140 valence electrons. The SMILES string of the molecule is CC[C@H](C)NC(=O)CCc1nnc(-c2cccc(OC(C)C)c2)[nH]c1=O. The number of nitrogens with zero attached hydrogens (tertiary/aromatic N) is 2. The van der Waals surface area contributed by atoms with Crippen LogP contribution in [-0.2, 0) is 11.2 Å². The number of carbonyl (C=O) groups is 1. The van der Waals surface area contributed by atoms with Gasteiger partial charge in [-0.25, -0.2) is 0 Å². The summed E-state index contributed by atoms with van der Waals surface area (Å²) in [5.41, 5.74) is 0.637. The minimum atomic E-state index is -0.332. The van der Waals surface area contributed by atoms with Crippen LogP contribution in [-0.4, -0.2) is 33.2 Å². The van der Waals surface area contributed by atoms with Crippen LogP contribution in [0.4, 0.5) is 0 Å². The van der Waals surface area contributed by atoms with Crippen molar-refractivity contribution >= 4 is 5.91 Å². The van der Waals surface area contributed by atoms with Crippen molar-refractivity contribution in [2.24, 2.45) is 0 Å². The minimum Gasteiger partial charge on any atom is -0.491 e. The summed E-state index contributed by atoms with van der Waals surface area (Å²) in [5, 5.41) is 11.0. The Hall–Kier alpha value is -2.70. The van der Waals surface area contributed by atoms with Crippen molar-refractivity contribution in [3.8, 4) is 17.1 Å². The van der Waals surface area contributed by atoms with Crippen molar-refractivity contribution in [2.75, 3.05) is 0 Å². The van der Waals surface area contributed by atoms with E-state index in [-0.39, 0.29) is 42.1 Å². The molecule has 0 radical (unpaired) electrons. The Bertz CT molecular complexity index is 801. The number of hydrogen-bond donors (Lipinski definition) is 2. The van der Waals surface area contributed by atoms with Crippen molar-refractivity contribution in [1.29, 1.82) is 0 Å². The topological polar surface area (TPSA) is 97.0 Å². The molecule has 1 aromatic heterocycles. The number of H-pyrrole nitrogens is 1. The van der Waals surface area contributed by atoms with Gasteiger partial charge in [0.1, 0.15) is 11.4 Å². The first-order valence-electron chi connectivity index (χ1n) is 8.91. The number of carbonyl (C=O) groups excluding carboxylic acids is 1. The van der Waals surface area contributed by atoms with Crippen LogP contribution in [0.5, 0.6) is 5.75 Å². The Kier molecular flexibility index (Phi) is 6.89. The molecular weight excluding hydrogens is 332 g/mol. The van der Waals surface area contributed by atoms with Crippen LogP contribution in [0.2, 0.25) is 0 Å². The van der Waals surface area contributed by atoms with Crippen LogP contribution in [0, 0.1) is 0 Å². The smallest absolute Gasteiger partial charge is 0.273 e. The van der Waals surface area contributed by atoms with E-state index in [1.54, 1.807) is 6.07 Å². The normalized spacial score (nSPS) is 12.0. The van der Waals surface area contributed by atoms with Gasteiger partial charge in [-0.15, -0.1) is 10.2 Å². The van der Waals surface area contributed by atoms with E-state index < -0.39 is 0 Å². The number of hydrogen-bond acceptors (Lipinski definition) is 5. The van der Waals surface area contributed by atoms with E-state index in [0.29, 0.717) is 17.1 Å². The average molecular weight is 358 g/mol. The molecule has 0 aliphatic heterocycles. The van der Waals surface area contributed by atoms with Crippen LogP contribution >= 0.6 is 0 Å². The Morgan fingerprint density at radius 2 is 2.04 bits per heavy atom. The van der Waals surface area contributed by atoms with Gasteiger partial charge < -0.3 is 15.0 Å². The molecule has 26 heavy (non-hydrogen) atoms. The number of aromatic amines is 1. The lowest BCUT2D eigenvalue weighted by Crippen LogP contribution is -2.32. The van der Waals surface area contributed by atoms with Gasteiger partial charge in [-0.2, -0.15) is 0 Å². The van der Waals surface area contributed by atoms with Crippen LogP contribution in [0.15, 0.2) is 29.1 Å². The van der Waals surface area contributed by atoms with Crippen molar-refractivity contribution in [1.82, 2.24) is 20.5 Å². The van der Waals surface area contributed by atoms with Gasteiger partial charge in [0, 0.05) is 24.4 Å². The molecule has 2 aromatic rings.